The lowest BCUT2D eigenvalue weighted by Crippen LogP contribution is -2.44. The molecule has 4 unspecified atom stereocenters. The first-order chi connectivity index (χ1) is 21.2. The van der Waals surface area contributed by atoms with Gasteiger partial charge >= 0.3 is 6.18 Å². The van der Waals surface area contributed by atoms with Gasteiger partial charge in [-0.15, -0.1) is 0 Å². The highest BCUT2D eigenvalue weighted by molar-refractivity contribution is 5.94. The molecular formula is C31H26F6N6O2. The minimum absolute atomic E-state index is 0.0436. The maximum absolute atomic E-state index is 14.3. The van der Waals surface area contributed by atoms with Crippen molar-refractivity contribution in [2.75, 3.05) is 0 Å². The SMILES string of the molecule is CC1C2Cc3c(c(C(F)(F)F)nn3CC(=O)N(N)C(Cc3cc(F)cc(F)c3)c3ncccc3-c3ccc(F)c(C(N)=O)c3)C12. The quantitative estimate of drug-likeness (QED) is 0.122. The molecule has 2 aromatic heterocycles. The van der Waals surface area contributed by atoms with Gasteiger partial charge < -0.3 is 5.73 Å². The summed E-state index contributed by atoms with van der Waals surface area (Å²) in [5.74, 6) is 1.71. The first-order valence-corrected chi connectivity index (χ1v) is 14.0. The van der Waals surface area contributed by atoms with Crippen molar-refractivity contribution in [2.45, 2.75) is 44.4 Å². The van der Waals surface area contributed by atoms with Gasteiger partial charge in [0.15, 0.2) is 5.69 Å². The Kier molecular flexibility index (Phi) is 7.42. The van der Waals surface area contributed by atoms with Crippen molar-refractivity contribution in [3.8, 4) is 11.1 Å². The zero-order chi connectivity index (χ0) is 32.4. The average Bonchev–Trinajstić information content (AvgIpc) is 3.26. The maximum atomic E-state index is 14.3. The Bertz CT molecular complexity index is 1820. The number of benzene rings is 2. The number of nitrogens with zero attached hydrogens (tertiary/aromatic N) is 4. The predicted octanol–water partition coefficient (Wildman–Crippen LogP) is 5.07. The Labute approximate surface area is 252 Å². The number of primary amides is 1. The number of aromatic nitrogens is 3. The molecule has 2 amide bonds. The second-order valence-electron chi connectivity index (χ2n) is 11.4. The minimum atomic E-state index is -4.72. The average molecular weight is 629 g/mol. The normalized spacial score (nSPS) is 19.2. The molecule has 2 aliphatic carbocycles. The molecule has 0 bridgehead atoms. The van der Waals surface area contributed by atoms with Crippen LogP contribution in [0.15, 0.2) is 54.7 Å². The summed E-state index contributed by atoms with van der Waals surface area (Å²) in [6, 6.07) is 8.19. The van der Waals surface area contributed by atoms with Gasteiger partial charge in [0, 0.05) is 35.5 Å². The number of halogens is 6. The van der Waals surface area contributed by atoms with E-state index >= 15 is 0 Å². The fraction of sp³-hybridized carbons (Fsp3) is 0.290. The van der Waals surface area contributed by atoms with Crippen molar-refractivity contribution in [2.24, 2.45) is 23.4 Å². The van der Waals surface area contributed by atoms with Gasteiger partial charge in [0.1, 0.15) is 24.0 Å². The molecule has 0 aliphatic heterocycles. The first kappa shape index (κ1) is 30.3. The lowest BCUT2D eigenvalue weighted by Gasteiger charge is -2.29. The molecular weight excluding hydrogens is 602 g/mol. The second-order valence-corrected chi connectivity index (χ2v) is 11.4. The first-order valence-electron chi connectivity index (χ1n) is 14.0. The second kappa shape index (κ2) is 11.0. The number of hydrogen-bond donors (Lipinski definition) is 2. The maximum Gasteiger partial charge on any atom is 0.435 e. The number of amides is 2. The number of carbonyl (C=O) groups is 2. The molecule has 6 rings (SSSR count). The Morgan fingerprint density at radius 2 is 1.80 bits per heavy atom. The summed E-state index contributed by atoms with van der Waals surface area (Å²) < 4.78 is 85.4. The van der Waals surface area contributed by atoms with Crippen LogP contribution in [0.3, 0.4) is 0 Å². The van der Waals surface area contributed by atoms with Crippen LogP contribution in [0, 0.1) is 29.3 Å². The van der Waals surface area contributed by atoms with E-state index in [2.05, 4.69) is 10.1 Å². The predicted molar refractivity (Wildman–Crippen MR) is 148 cm³/mol. The molecule has 1 fully saturated rings. The van der Waals surface area contributed by atoms with E-state index in [0.29, 0.717) is 23.7 Å². The van der Waals surface area contributed by atoms with E-state index in [-0.39, 0.29) is 46.6 Å². The third kappa shape index (κ3) is 5.54. The molecule has 2 aromatic carbocycles. The molecule has 4 N–H and O–H groups in total. The van der Waals surface area contributed by atoms with Gasteiger partial charge in [0.2, 0.25) is 0 Å². The van der Waals surface area contributed by atoms with Crippen molar-refractivity contribution >= 4 is 11.8 Å². The molecule has 234 valence electrons. The molecule has 45 heavy (non-hydrogen) atoms. The monoisotopic (exact) mass is 628 g/mol. The van der Waals surface area contributed by atoms with Crippen LogP contribution in [0.1, 0.15) is 57.5 Å². The number of hydrogen-bond acceptors (Lipinski definition) is 5. The van der Waals surface area contributed by atoms with Crippen molar-refractivity contribution in [1.29, 1.82) is 0 Å². The van der Waals surface area contributed by atoms with Crippen LogP contribution >= 0.6 is 0 Å². The molecule has 4 aromatic rings. The summed E-state index contributed by atoms with van der Waals surface area (Å²) >= 11 is 0. The van der Waals surface area contributed by atoms with E-state index in [9.17, 15) is 35.9 Å². The number of pyridine rings is 1. The van der Waals surface area contributed by atoms with E-state index in [1.165, 1.54) is 24.4 Å². The van der Waals surface area contributed by atoms with Crippen molar-refractivity contribution in [3.05, 3.63) is 106 Å². The van der Waals surface area contributed by atoms with Crippen LogP contribution in [-0.2, 0) is 30.4 Å². The fourth-order valence-corrected chi connectivity index (χ4v) is 6.45. The van der Waals surface area contributed by atoms with Gasteiger partial charge in [-0.3, -0.25) is 24.3 Å². The number of alkyl halides is 3. The van der Waals surface area contributed by atoms with Gasteiger partial charge in [-0.1, -0.05) is 19.1 Å². The largest absolute Gasteiger partial charge is 0.435 e. The number of nitrogens with two attached hydrogens (primary N) is 2. The zero-order valence-corrected chi connectivity index (χ0v) is 23.7. The lowest BCUT2D eigenvalue weighted by atomic mass is 9.94. The van der Waals surface area contributed by atoms with Crippen LogP contribution in [0.2, 0.25) is 0 Å². The van der Waals surface area contributed by atoms with Gasteiger partial charge in [0.25, 0.3) is 11.8 Å². The summed E-state index contributed by atoms with van der Waals surface area (Å²) in [5.41, 5.74) is 5.09. The van der Waals surface area contributed by atoms with Crippen LogP contribution in [-0.4, -0.2) is 31.6 Å². The zero-order valence-electron chi connectivity index (χ0n) is 23.7. The molecule has 4 atom stereocenters. The summed E-state index contributed by atoms with van der Waals surface area (Å²) in [5, 5.41) is 4.51. The van der Waals surface area contributed by atoms with Gasteiger partial charge in [-0.25, -0.2) is 19.0 Å². The summed E-state index contributed by atoms with van der Waals surface area (Å²) in [6.07, 6.45) is -3.27. The Hall–Kier alpha value is -4.72. The molecule has 1 saturated carbocycles. The molecule has 2 aliphatic rings. The Morgan fingerprint density at radius 1 is 1.09 bits per heavy atom. The van der Waals surface area contributed by atoms with E-state index in [1.807, 2.05) is 6.92 Å². The lowest BCUT2D eigenvalue weighted by molar-refractivity contribution is -0.143. The van der Waals surface area contributed by atoms with E-state index in [4.69, 9.17) is 11.6 Å². The summed E-state index contributed by atoms with van der Waals surface area (Å²) in [4.78, 5) is 29.9. The third-order valence-corrected chi connectivity index (χ3v) is 8.65. The molecule has 8 nitrogen and oxygen atoms in total. The summed E-state index contributed by atoms with van der Waals surface area (Å²) in [6.45, 7) is 1.24. The van der Waals surface area contributed by atoms with Crippen molar-refractivity contribution in [3.63, 3.8) is 0 Å². The molecule has 0 saturated heterocycles. The van der Waals surface area contributed by atoms with E-state index in [1.54, 1.807) is 6.07 Å². The third-order valence-electron chi connectivity index (χ3n) is 8.65. The van der Waals surface area contributed by atoms with Crippen molar-refractivity contribution in [1.82, 2.24) is 19.8 Å². The highest BCUT2D eigenvalue weighted by Gasteiger charge is 2.58. The van der Waals surface area contributed by atoms with Gasteiger partial charge in [-0.05, 0) is 65.6 Å². The fourth-order valence-electron chi connectivity index (χ4n) is 6.45. The van der Waals surface area contributed by atoms with Crippen molar-refractivity contribution < 1.29 is 35.9 Å². The highest BCUT2D eigenvalue weighted by atomic mass is 19.4. The standard InChI is InChI=1S/C31H26F6N6O2/c1-14-20-12-23-27(26(14)20)29(31(35,36)37)41-42(23)13-25(44)43(39)24(9-15-7-17(32)11-18(33)8-15)28-19(3-2-6-40-28)16-4-5-22(34)21(10-16)30(38)45/h2-8,10-11,14,20,24,26H,9,12-13,39H2,1H3,(H2,38,45). The number of carbonyl (C=O) groups excluding carboxylic acids is 2. The van der Waals surface area contributed by atoms with Gasteiger partial charge in [-0.2, -0.15) is 18.3 Å². The van der Waals surface area contributed by atoms with E-state index in [0.717, 1.165) is 27.9 Å². The molecule has 0 spiro atoms. The number of fused-ring (bicyclic) bond motifs is 3. The smallest absolute Gasteiger partial charge is 0.366 e. The summed E-state index contributed by atoms with van der Waals surface area (Å²) in [7, 11) is 0. The molecule has 0 radical (unpaired) electrons. The molecule has 2 heterocycles. The van der Waals surface area contributed by atoms with E-state index < -0.39 is 59.3 Å². The van der Waals surface area contributed by atoms with Crippen LogP contribution in [0.5, 0.6) is 0 Å². The molecule has 14 heteroatoms. The highest BCUT2D eigenvalue weighted by Crippen LogP contribution is 2.63. The van der Waals surface area contributed by atoms with Crippen LogP contribution in [0.25, 0.3) is 11.1 Å². The Morgan fingerprint density at radius 3 is 2.47 bits per heavy atom. The number of hydrazine groups is 1. The van der Waals surface area contributed by atoms with Gasteiger partial charge in [0.05, 0.1) is 17.3 Å². The Balaban J connectivity index is 1.40. The topological polar surface area (TPSA) is 120 Å². The van der Waals surface area contributed by atoms with Crippen LogP contribution in [0.4, 0.5) is 26.3 Å². The number of rotatable bonds is 8. The van der Waals surface area contributed by atoms with Crippen LogP contribution < -0.4 is 11.6 Å². The minimum Gasteiger partial charge on any atom is -0.366 e.